The van der Waals surface area contributed by atoms with E-state index in [1.54, 1.807) is 50.3 Å². The summed E-state index contributed by atoms with van der Waals surface area (Å²) >= 11 is 0. The Labute approximate surface area is 290 Å². The lowest BCUT2D eigenvalue weighted by Crippen LogP contribution is -2.13. The first-order chi connectivity index (χ1) is 22.2. The molecule has 1 heteroatoms. The van der Waals surface area contributed by atoms with Crippen LogP contribution < -0.4 is 0 Å². The lowest BCUT2D eigenvalue weighted by molar-refractivity contribution is 0.559. The van der Waals surface area contributed by atoms with Crippen LogP contribution in [0.2, 0.25) is 0 Å². The Morgan fingerprint density at radius 1 is 0.178 bits per heavy atom. The minimum Gasteiger partial charge on any atom is -0.0654 e. The van der Waals surface area contributed by atoms with E-state index in [1.165, 1.54) is 205 Å². The molecule has 0 rings (SSSR count). The van der Waals surface area contributed by atoms with Crippen molar-refractivity contribution in [3.05, 3.63) is 0 Å². The highest BCUT2D eigenvalue weighted by atomic mass is 31.2. The van der Waals surface area contributed by atoms with Gasteiger partial charge in [-0.15, -0.1) is 0 Å². The summed E-state index contributed by atoms with van der Waals surface area (Å²) in [4.78, 5) is 0. The average molecular weight is 652 g/mol. The predicted molar refractivity (Wildman–Crippen MR) is 215 cm³/mol. The van der Waals surface area contributed by atoms with Gasteiger partial charge in [-0.3, -0.25) is 0 Å². The molecule has 0 nitrogen and oxygen atoms in total. The van der Waals surface area contributed by atoms with E-state index in [2.05, 4.69) is 27.7 Å². The Kier molecular flexibility index (Phi) is 39.2. The average Bonchev–Trinajstić information content (AvgIpc) is 3.05. The van der Waals surface area contributed by atoms with Crippen LogP contribution in [0.3, 0.4) is 0 Å². The van der Waals surface area contributed by atoms with Gasteiger partial charge in [-0.05, 0) is 51.4 Å². The lowest BCUT2D eigenvalue weighted by atomic mass is 10.1. The van der Waals surface area contributed by atoms with Crippen molar-refractivity contribution in [2.75, 3.05) is 24.6 Å². The van der Waals surface area contributed by atoms with Crippen molar-refractivity contribution in [2.24, 2.45) is 0 Å². The minimum absolute atomic E-state index is 0.774. The van der Waals surface area contributed by atoms with Crippen molar-refractivity contribution in [1.82, 2.24) is 0 Å². The van der Waals surface area contributed by atoms with Gasteiger partial charge in [-0.2, -0.15) is 0 Å². The van der Waals surface area contributed by atoms with Crippen LogP contribution in [0.4, 0.5) is 0 Å². The molecule has 0 aliphatic heterocycles. The van der Waals surface area contributed by atoms with E-state index in [1.807, 2.05) is 0 Å². The number of hydrogen-bond acceptors (Lipinski definition) is 0. The second-order valence-corrected chi connectivity index (χ2v) is 20.0. The van der Waals surface area contributed by atoms with Gasteiger partial charge in [0.05, 0.1) is 24.6 Å². The van der Waals surface area contributed by atoms with Gasteiger partial charge in [0.2, 0.25) is 0 Å². The third kappa shape index (κ3) is 34.1. The first kappa shape index (κ1) is 45.4. The minimum atomic E-state index is -0.774. The number of rotatable bonds is 40. The SMILES string of the molecule is CCCCCCCCCCCC[P+](CCCCCCCC)(CCCCCCCCCCCC)CCCCCCCCCCCC. The van der Waals surface area contributed by atoms with Crippen LogP contribution in [0.1, 0.15) is 259 Å². The van der Waals surface area contributed by atoms with Gasteiger partial charge in [0.15, 0.2) is 0 Å². The number of hydrogen-bond donors (Lipinski definition) is 0. The van der Waals surface area contributed by atoms with Gasteiger partial charge in [-0.1, -0.05) is 207 Å². The Balaban J connectivity index is 4.77. The van der Waals surface area contributed by atoms with E-state index in [0.29, 0.717) is 0 Å². The Hall–Kier alpha value is 0.430. The third-order valence-electron chi connectivity index (χ3n) is 10.9. The second kappa shape index (κ2) is 38.9. The van der Waals surface area contributed by atoms with E-state index >= 15 is 0 Å². The molecule has 0 unspecified atom stereocenters. The van der Waals surface area contributed by atoms with Crippen LogP contribution in [0, 0.1) is 0 Å². The van der Waals surface area contributed by atoms with E-state index < -0.39 is 7.26 Å². The molecule has 0 saturated heterocycles. The summed E-state index contributed by atoms with van der Waals surface area (Å²) in [5.41, 5.74) is 0. The normalized spacial score (nSPS) is 12.0. The standard InChI is InChI=1S/C44H92P/c1-5-9-13-17-21-24-27-30-34-38-42-45(41-37-33-20-16-12-8-4,43-39-35-31-28-25-22-18-14-10-6-2)44-40-36-32-29-26-23-19-15-11-7-3/h5-44H2,1-4H3/q+1. The molecule has 0 aromatic heterocycles. The van der Waals surface area contributed by atoms with E-state index in [-0.39, 0.29) is 0 Å². The fourth-order valence-electron chi connectivity index (χ4n) is 7.70. The highest BCUT2D eigenvalue weighted by molar-refractivity contribution is 7.75. The molecule has 0 saturated carbocycles. The third-order valence-corrected chi connectivity index (χ3v) is 16.0. The van der Waals surface area contributed by atoms with Crippen LogP contribution in [-0.2, 0) is 0 Å². The molecule has 0 amide bonds. The zero-order valence-corrected chi connectivity index (χ0v) is 33.6. The van der Waals surface area contributed by atoms with Crippen LogP contribution in [-0.4, -0.2) is 24.6 Å². The first-order valence-electron chi connectivity index (χ1n) is 22.1. The second-order valence-electron chi connectivity index (χ2n) is 15.5. The van der Waals surface area contributed by atoms with Crippen molar-refractivity contribution in [1.29, 1.82) is 0 Å². The summed E-state index contributed by atoms with van der Waals surface area (Å²) < 4.78 is 0. The summed E-state index contributed by atoms with van der Waals surface area (Å²) in [7, 11) is -0.774. The Morgan fingerprint density at radius 2 is 0.311 bits per heavy atom. The molecule has 45 heavy (non-hydrogen) atoms. The van der Waals surface area contributed by atoms with E-state index in [9.17, 15) is 0 Å². The molecule has 0 aliphatic carbocycles. The van der Waals surface area contributed by atoms with Gasteiger partial charge in [0.25, 0.3) is 0 Å². The van der Waals surface area contributed by atoms with Crippen molar-refractivity contribution in [3.8, 4) is 0 Å². The van der Waals surface area contributed by atoms with E-state index in [0.717, 1.165) is 0 Å². The molecule has 0 aromatic carbocycles. The fourth-order valence-corrected chi connectivity index (χ4v) is 12.6. The van der Waals surface area contributed by atoms with Gasteiger partial charge < -0.3 is 0 Å². The van der Waals surface area contributed by atoms with Crippen molar-refractivity contribution in [2.45, 2.75) is 259 Å². The molecule has 0 fully saturated rings. The predicted octanol–water partition coefficient (Wildman–Crippen LogP) is 17.1. The van der Waals surface area contributed by atoms with Gasteiger partial charge >= 0.3 is 0 Å². The maximum Gasteiger partial charge on any atom is 0.0594 e. The molecule has 0 heterocycles. The molecule has 0 radical (unpaired) electrons. The summed E-state index contributed by atoms with van der Waals surface area (Å²) in [5, 5.41) is 0. The number of unbranched alkanes of at least 4 members (excludes halogenated alkanes) is 32. The van der Waals surface area contributed by atoms with Crippen molar-refractivity contribution in [3.63, 3.8) is 0 Å². The molecule has 0 atom stereocenters. The Morgan fingerprint density at radius 3 is 0.467 bits per heavy atom. The molecule has 0 bridgehead atoms. The largest absolute Gasteiger partial charge is 0.0654 e. The molecular formula is C44H92P+. The van der Waals surface area contributed by atoms with Gasteiger partial charge in [0.1, 0.15) is 0 Å². The van der Waals surface area contributed by atoms with Crippen LogP contribution in [0.5, 0.6) is 0 Å². The molecule has 272 valence electrons. The monoisotopic (exact) mass is 652 g/mol. The first-order valence-corrected chi connectivity index (χ1v) is 24.6. The van der Waals surface area contributed by atoms with E-state index in [4.69, 9.17) is 0 Å². The van der Waals surface area contributed by atoms with Crippen LogP contribution in [0.25, 0.3) is 0 Å². The quantitative estimate of drug-likeness (QED) is 0.0457. The maximum absolute atomic E-state index is 2.36. The highest BCUT2D eigenvalue weighted by Gasteiger charge is 2.35. The molecular weight excluding hydrogens is 559 g/mol. The topological polar surface area (TPSA) is 0 Å². The van der Waals surface area contributed by atoms with Gasteiger partial charge in [-0.25, -0.2) is 0 Å². The highest BCUT2D eigenvalue weighted by Crippen LogP contribution is 2.61. The molecule has 0 spiro atoms. The maximum atomic E-state index is 2.36. The summed E-state index contributed by atoms with van der Waals surface area (Å²) in [6, 6.07) is 0. The lowest BCUT2D eigenvalue weighted by Gasteiger charge is -2.28. The van der Waals surface area contributed by atoms with Gasteiger partial charge in [0, 0.05) is 7.26 Å². The van der Waals surface area contributed by atoms with Crippen molar-refractivity contribution < 1.29 is 0 Å². The van der Waals surface area contributed by atoms with Crippen LogP contribution in [0.15, 0.2) is 0 Å². The fraction of sp³-hybridized carbons (Fsp3) is 1.00. The summed E-state index contributed by atoms with van der Waals surface area (Å²) in [6.45, 7) is 9.37. The molecule has 0 aliphatic rings. The van der Waals surface area contributed by atoms with Crippen LogP contribution >= 0.6 is 7.26 Å². The zero-order chi connectivity index (χ0) is 32.8. The molecule has 0 aromatic rings. The smallest absolute Gasteiger partial charge is 0.0594 e. The summed E-state index contributed by atoms with van der Waals surface area (Å²) in [6.07, 6.45) is 60.2. The zero-order valence-electron chi connectivity index (χ0n) is 32.7. The summed E-state index contributed by atoms with van der Waals surface area (Å²) in [5.74, 6) is 0. The Bertz CT molecular complexity index is 453. The van der Waals surface area contributed by atoms with Crippen molar-refractivity contribution >= 4 is 7.26 Å². The molecule has 0 N–H and O–H groups in total.